The molecule has 9 aromatic carbocycles. The third-order valence-corrected chi connectivity index (χ3v) is 9.91. The molecule has 1 aromatic heterocycles. The Morgan fingerprint density at radius 1 is 0.277 bits per heavy atom. The Morgan fingerprint density at radius 2 is 0.851 bits per heavy atom. The monoisotopic (exact) mass is 596 g/mol. The van der Waals surface area contributed by atoms with Crippen LogP contribution < -0.4 is 0 Å². The average molecular weight is 597 g/mol. The maximum atomic E-state index is 6.57. The fourth-order valence-corrected chi connectivity index (χ4v) is 7.72. The molecule has 0 saturated heterocycles. The minimum absolute atomic E-state index is 0.925. The standard InChI is InChI=1S/C46H28O/c1-2-13-32-27-43-33(26-31(32)12-1)21-22-40(38-18-8-7-17-37(38)36-19-9-14-29-10-3-5-15-34(29)36)45(43)44-28-47-46-41-23-20-30-11-4-6-16-35(30)39(41)24-25-42(44)46/h1-28H. The van der Waals surface area contributed by atoms with Gasteiger partial charge >= 0.3 is 0 Å². The predicted molar refractivity (Wildman–Crippen MR) is 200 cm³/mol. The summed E-state index contributed by atoms with van der Waals surface area (Å²) in [4.78, 5) is 0. The second kappa shape index (κ2) is 10.2. The van der Waals surface area contributed by atoms with E-state index in [1.807, 2.05) is 6.26 Å². The molecule has 1 nitrogen and oxygen atoms in total. The van der Waals surface area contributed by atoms with E-state index in [9.17, 15) is 0 Å². The van der Waals surface area contributed by atoms with E-state index in [1.54, 1.807) is 0 Å². The van der Waals surface area contributed by atoms with Gasteiger partial charge in [-0.2, -0.15) is 0 Å². The van der Waals surface area contributed by atoms with Gasteiger partial charge in [-0.25, -0.2) is 0 Å². The van der Waals surface area contributed by atoms with Crippen LogP contribution in [0, 0.1) is 0 Å². The molecule has 0 bridgehead atoms. The molecule has 0 saturated carbocycles. The van der Waals surface area contributed by atoms with Crippen LogP contribution in [0.5, 0.6) is 0 Å². The van der Waals surface area contributed by atoms with Gasteiger partial charge in [0, 0.05) is 21.9 Å². The summed E-state index contributed by atoms with van der Waals surface area (Å²) in [6.45, 7) is 0. The third kappa shape index (κ3) is 3.97. The third-order valence-electron chi connectivity index (χ3n) is 9.91. The molecule has 10 aromatic rings. The van der Waals surface area contributed by atoms with Gasteiger partial charge in [0.1, 0.15) is 5.58 Å². The van der Waals surface area contributed by atoms with Crippen LogP contribution in [0.25, 0.3) is 98.2 Å². The Labute approximate surface area is 271 Å². The summed E-state index contributed by atoms with van der Waals surface area (Å²) < 4.78 is 6.57. The van der Waals surface area contributed by atoms with Gasteiger partial charge in [0.05, 0.1) is 6.26 Å². The molecule has 0 unspecified atom stereocenters. The van der Waals surface area contributed by atoms with Crippen molar-refractivity contribution in [3.05, 3.63) is 170 Å². The second-order valence-electron chi connectivity index (χ2n) is 12.5. The molecule has 1 heterocycles. The summed E-state index contributed by atoms with van der Waals surface area (Å²) in [7, 11) is 0. The molecule has 0 aliphatic carbocycles. The molecule has 47 heavy (non-hydrogen) atoms. The lowest BCUT2D eigenvalue weighted by Gasteiger charge is -2.18. The van der Waals surface area contributed by atoms with Crippen LogP contribution in [0.1, 0.15) is 0 Å². The molecule has 0 aliphatic rings. The van der Waals surface area contributed by atoms with Crippen LogP contribution in [0.4, 0.5) is 0 Å². The smallest absolute Gasteiger partial charge is 0.142 e. The fraction of sp³-hybridized carbons (Fsp3) is 0. The van der Waals surface area contributed by atoms with Crippen molar-refractivity contribution in [2.24, 2.45) is 0 Å². The van der Waals surface area contributed by atoms with E-state index >= 15 is 0 Å². The Hall–Kier alpha value is -6.18. The van der Waals surface area contributed by atoms with Crippen molar-refractivity contribution >= 4 is 64.8 Å². The van der Waals surface area contributed by atoms with Gasteiger partial charge in [-0.3, -0.25) is 0 Å². The number of hydrogen-bond acceptors (Lipinski definition) is 1. The zero-order chi connectivity index (χ0) is 30.9. The van der Waals surface area contributed by atoms with Crippen molar-refractivity contribution in [3.63, 3.8) is 0 Å². The minimum Gasteiger partial charge on any atom is -0.463 e. The molecular weight excluding hydrogens is 569 g/mol. The number of rotatable bonds is 3. The predicted octanol–water partition coefficient (Wildman–Crippen LogP) is 13.2. The maximum absolute atomic E-state index is 6.57. The highest BCUT2D eigenvalue weighted by molar-refractivity contribution is 6.20. The van der Waals surface area contributed by atoms with Gasteiger partial charge in [0.15, 0.2) is 0 Å². The van der Waals surface area contributed by atoms with Crippen molar-refractivity contribution in [2.45, 2.75) is 0 Å². The lowest BCUT2D eigenvalue weighted by atomic mass is 9.85. The van der Waals surface area contributed by atoms with Crippen molar-refractivity contribution in [1.29, 1.82) is 0 Å². The highest BCUT2D eigenvalue weighted by atomic mass is 16.3. The zero-order valence-electron chi connectivity index (χ0n) is 25.6. The van der Waals surface area contributed by atoms with Crippen LogP contribution in [0.3, 0.4) is 0 Å². The molecule has 0 spiro atoms. The Morgan fingerprint density at radius 3 is 1.68 bits per heavy atom. The molecule has 218 valence electrons. The summed E-state index contributed by atoms with van der Waals surface area (Å²) in [5, 5.41) is 13.3. The number of hydrogen-bond donors (Lipinski definition) is 0. The highest BCUT2D eigenvalue weighted by Crippen LogP contribution is 2.47. The maximum Gasteiger partial charge on any atom is 0.142 e. The quantitative estimate of drug-likeness (QED) is 0.146. The van der Waals surface area contributed by atoms with E-state index < -0.39 is 0 Å². The molecule has 0 radical (unpaired) electrons. The number of furan rings is 1. The van der Waals surface area contributed by atoms with E-state index in [0.717, 1.165) is 21.9 Å². The van der Waals surface area contributed by atoms with E-state index in [2.05, 4.69) is 164 Å². The molecule has 10 rings (SSSR count). The minimum atomic E-state index is 0.925. The fourth-order valence-electron chi connectivity index (χ4n) is 7.72. The van der Waals surface area contributed by atoms with E-state index in [1.165, 1.54) is 76.3 Å². The van der Waals surface area contributed by atoms with Crippen LogP contribution in [-0.4, -0.2) is 0 Å². The summed E-state index contributed by atoms with van der Waals surface area (Å²) >= 11 is 0. The van der Waals surface area contributed by atoms with Crippen LogP contribution >= 0.6 is 0 Å². The summed E-state index contributed by atoms with van der Waals surface area (Å²) in [6.07, 6.45) is 1.98. The zero-order valence-corrected chi connectivity index (χ0v) is 25.6. The molecule has 0 amide bonds. The number of benzene rings is 9. The van der Waals surface area contributed by atoms with E-state index in [0.29, 0.717) is 0 Å². The second-order valence-corrected chi connectivity index (χ2v) is 12.5. The van der Waals surface area contributed by atoms with Gasteiger partial charge in [-0.15, -0.1) is 0 Å². The highest BCUT2D eigenvalue weighted by Gasteiger charge is 2.21. The molecule has 0 aliphatic heterocycles. The largest absolute Gasteiger partial charge is 0.463 e. The summed E-state index contributed by atoms with van der Waals surface area (Å²) in [6, 6.07) is 59.5. The van der Waals surface area contributed by atoms with Crippen molar-refractivity contribution in [1.82, 2.24) is 0 Å². The SMILES string of the molecule is c1ccc(-c2cccc3ccccc23)c(-c2ccc3cc4ccccc4cc3c2-c2coc3c2ccc2c4ccccc4ccc23)c1. The normalized spacial score (nSPS) is 11.8. The van der Waals surface area contributed by atoms with Gasteiger partial charge in [0.2, 0.25) is 0 Å². The average Bonchev–Trinajstić information content (AvgIpc) is 3.57. The van der Waals surface area contributed by atoms with Crippen molar-refractivity contribution in [3.8, 4) is 33.4 Å². The first-order chi connectivity index (χ1) is 23.3. The Kier molecular flexibility index (Phi) is 5.64. The summed E-state index contributed by atoms with van der Waals surface area (Å²) in [5.74, 6) is 0. The first-order valence-corrected chi connectivity index (χ1v) is 16.2. The lowest BCUT2D eigenvalue weighted by Crippen LogP contribution is -1.92. The topological polar surface area (TPSA) is 13.1 Å². The van der Waals surface area contributed by atoms with Gasteiger partial charge in [-0.1, -0.05) is 140 Å². The van der Waals surface area contributed by atoms with Crippen molar-refractivity contribution in [2.75, 3.05) is 0 Å². The Bertz CT molecular complexity index is 2850. The van der Waals surface area contributed by atoms with E-state index in [-0.39, 0.29) is 0 Å². The first-order valence-electron chi connectivity index (χ1n) is 16.2. The van der Waals surface area contributed by atoms with Gasteiger partial charge < -0.3 is 4.42 Å². The van der Waals surface area contributed by atoms with E-state index in [4.69, 9.17) is 4.42 Å². The first kappa shape index (κ1) is 26.1. The lowest BCUT2D eigenvalue weighted by molar-refractivity contribution is 0.620. The molecular formula is C46H28O. The number of fused-ring (bicyclic) bond motifs is 8. The molecule has 0 atom stereocenters. The van der Waals surface area contributed by atoms with Gasteiger partial charge in [0.25, 0.3) is 0 Å². The molecule has 0 N–H and O–H groups in total. The van der Waals surface area contributed by atoms with Gasteiger partial charge in [-0.05, 0) is 95.0 Å². The molecule has 1 heteroatoms. The Balaban J connectivity index is 1.31. The van der Waals surface area contributed by atoms with Crippen LogP contribution in [0.15, 0.2) is 174 Å². The molecule has 0 fully saturated rings. The van der Waals surface area contributed by atoms with Crippen LogP contribution in [0.2, 0.25) is 0 Å². The van der Waals surface area contributed by atoms with Crippen molar-refractivity contribution < 1.29 is 4.42 Å². The van der Waals surface area contributed by atoms with Crippen LogP contribution in [-0.2, 0) is 0 Å². The summed E-state index contributed by atoms with van der Waals surface area (Å²) in [5.41, 5.74) is 8.08.